The molecule has 1 heterocycles. The van der Waals surface area contributed by atoms with E-state index in [4.69, 9.17) is 9.47 Å². The lowest BCUT2D eigenvalue weighted by Gasteiger charge is -2.33. The van der Waals surface area contributed by atoms with Crippen LogP contribution < -0.4 is 10.6 Å². The van der Waals surface area contributed by atoms with Gasteiger partial charge in [0.15, 0.2) is 6.10 Å². The van der Waals surface area contributed by atoms with Crippen LogP contribution in [0.4, 0.5) is 0 Å². The molecule has 0 spiro atoms. The van der Waals surface area contributed by atoms with Gasteiger partial charge in [-0.05, 0) is 71.6 Å². The fourth-order valence-electron chi connectivity index (χ4n) is 6.35. The molecule has 8 nitrogen and oxygen atoms in total. The first-order valence-corrected chi connectivity index (χ1v) is 16.0. The van der Waals surface area contributed by atoms with Crippen molar-refractivity contribution in [1.82, 2.24) is 10.6 Å². The van der Waals surface area contributed by atoms with E-state index in [1.807, 2.05) is 114 Å². The highest BCUT2D eigenvalue weighted by Gasteiger charge is 2.70. The van der Waals surface area contributed by atoms with Crippen LogP contribution in [0.2, 0.25) is 0 Å². The number of aryl methyl sites for hydroxylation is 1. The third-order valence-electron chi connectivity index (χ3n) is 9.05. The lowest BCUT2D eigenvalue weighted by Crippen LogP contribution is -2.57. The van der Waals surface area contributed by atoms with Gasteiger partial charge in [-0.25, -0.2) is 4.79 Å². The molecule has 3 aromatic carbocycles. The predicted molar refractivity (Wildman–Crippen MR) is 180 cm³/mol. The summed E-state index contributed by atoms with van der Waals surface area (Å²) in [5.41, 5.74) is 3.65. The Bertz CT molecular complexity index is 1750. The molecule has 8 heteroatoms. The van der Waals surface area contributed by atoms with Crippen LogP contribution in [-0.2, 0) is 23.9 Å². The Morgan fingerprint density at radius 3 is 2.36 bits per heavy atom. The van der Waals surface area contributed by atoms with Crippen LogP contribution in [0.25, 0.3) is 17.2 Å². The Morgan fingerprint density at radius 2 is 1.74 bits per heavy atom. The van der Waals surface area contributed by atoms with Crippen molar-refractivity contribution >= 4 is 23.9 Å². The van der Waals surface area contributed by atoms with Gasteiger partial charge in [-0.1, -0.05) is 93.6 Å². The number of hydrogen-bond donors (Lipinski definition) is 2. The number of benzene rings is 3. The molecule has 244 valence electrons. The van der Waals surface area contributed by atoms with Crippen molar-refractivity contribution in [3.63, 3.8) is 0 Å². The first-order chi connectivity index (χ1) is 22.1. The van der Waals surface area contributed by atoms with E-state index in [0.29, 0.717) is 12.0 Å². The minimum absolute atomic E-state index is 0.268. The van der Waals surface area contributed by atoms with Crippen molar-refractivity contribution in [2.45, 2.75) is 78.9 Å². The summed E-state index contributed by atoms with van der Waals surface area (Å²) in [4.78, 5) is 41.1. The summed E-state index contributed by atoms with van der Waals surface area (Å²) >= 11 is 0. The van der Waals surface area contributed by atoms with Gasteiger partial charge in [0.1, 0.15) is 6.04 Å². The maximum Gasteiger partial charge on any atom is 0.339 e. The van der Waals surface area contributed by atoms with E-state index >= 15 is 0 Å². The lowest BCUT2D eigenvalue weighted by atomic mass is 9.84. The Balaban J connectivity index is 1.39. The Morgan fingerprint density at radius 1 is 1.02 bits per heavy atom. The van der Waals surface area contributed by atoms with Gasteiger partial charge >= 0.3 is 5.97 Å². The van der Waals surface area contributed by atoms with E-state index < -0.39 is 40.6 Å². The van der Waals surface area contributed by atoms with E-state index in [1.54, 1.807) is 19.9 Å². The number of amides is 2. The average molecular weight is 634 g/mol. The van der Waals surface area contributed by atoms with Gasteiger partial charge in [0.2, 0.25) is 17.6 Å². The normalized spacial score (nSPS) is 23.0. The van der Waals surface area contributed by atoms with Crippen molar-refractivity contribution in [2.75, 3.05) is 0 Å². The highest BCUT2D eigenvalue weighted by Crippen LogP contribution is 2.59. The predicted octanol–water partition coefficient (Wildman–Crippen LogP) is 6.64. The van der Waals surface area contributed by atoms with Crippen molar-refractivity contribution in [3.05, 3.63) is 101 Å². The van der Waals surface area contributed by atoms with Crippen molar-refractivity contribution in [2.24, 2.45) is 16.7 Å². The Kier molecular flexibility index (Phi) is 9.16. The molecule has 2 fully saturated rings. The SMILES string of the molecule is Cc1cc(/C=C/[C@@H]2CC2(C(=O)N[C@H](C(=O)N[C@H](C)c2ccccc2)C(C)(C)C)[C@@H]2OC(C)(C)OC2=O)ccc1-c1cccc(C#N)c1. The zero-order chi connectivity index (χ0) is 34.1. The number of ether oxygens (including phenoxy) is 2. The van der Waals surface area contributed by atoms with Crippen LogP contribution in [0.15, 0.2) is 78.9 Å². The second-order valence-corrected chi connectivity index (χ2v) is 14.2. The van der Waals surface area contributed by atoms with Crippen LogP contribution in [0.5, 0.6) is 0 Å². The number of esters is 1. The number of allylic oxidation sites excluding steroid dienone is 1. The van der Waals surface area contributed by atoms with Gasteiger partial charge in [-0.2, -0.15) is 5.26 Å². The summed E-state index contributed by atoms with van der Waals surface area (Å²) in [6.45, 7) is 12.9. The molecule has 0 bridgehead atoms. The van der Waals surface area contributed by atoms with Crippen LogP contribution in [0.3, 0.4) is 0 Å². The maximum atomic E-state index is 14.3. The van der Waals surface area contributed by atoms with Gasteiger partial charge < -0.3 is 20.1 Å². The van der Waals surface area contributed by atoms with Gasteiger partial charge in [0, 0.05) is 13.8 Å². The topological polar surface area (TPSA) is 118 Å². The number of hydrogen-bond acceptors (Lipinski definition) is 6. The third kappa shape index (κ3) is 7.16. The van der Waals surface area contributed by atoms with Gasteiger partial charge in [0.25, 0.3) is 0 Å². The molecule has 1 aliphatic heterocycles. The fraction of sp³-hybridized carbons (Fsp3) is 0.385. The zero-order valence-electron chi connectivity index (χ0n) is 28.1. The number of rotatable bonds is 9. The highest BCUT2D eigenvalue weighted by atomic mass is 16.8. The third-order valence-corrected chi connectivity index (χ3v) is 9.05. The molecule has 2 aliphatic rings. The molecular weight excluding hydrogens is 590 g/mol. The minimum atomic E-state index is -1.23. The Hall–Kier alpha value is -4.74. The summed E-state index contributed by atoms with van der Waals surface area (Å²) in [6.07, 6.45) is 3.14. The number of carbonyl (C=O) groups excluding carboxylic acids is 3. The Labute approximate surface area is 277 Å². The molecule has 0 aromatic heterocycles. The van der Waals surface area contributed by atoms with Crippen molar-refractivity contribution < 1.29 is 23.9 Å². The molecule has 47 heavy (non-hydrogen) atoms. The average Bonchev–Trinajstić information content (AvgIpc) is 3.68. The fourth-order valence-corrected chi connectivity index (χ4v) is 6.35. The van der Waals surface area contributed by atoms with Crippen LogP contribution in [-0.4, -0.2) is 35.7 Å². The van der Waals surface area contributed by atoms with E-state index in [0.717, 1.165) is 27.8 Å². The molecule has 5 rings (SSSR count). The van der Waals surface area contributed by atoms with E-state index in [-0.39, 0.29) is 17.9 Å². The highest BCUT2D eigenvalue weighted by molar-refractivity contribution is 5.97. The molecule has 3 aromatic rings. The first kappa shape index (κ1) is 33.6. The summed E-state index contributed by atoms with van der Waals surface area (Å²) < 4.78 is 11.5. The molecule has 5 atom stereocenters. The molecule has 1 aliphatic carbocycles. The molecule has 0 radical (unpaired) electrons. The van der Waals surface area contributed by atoms with Crippen molar-refractivity contribution in [1.29, 1.82) is 5.26 Å². The summed E-state index contributed by atoms with van der Waals surface area (Å²) in [5, 5.41) is 15.4. The quantitative estimate of drug-likeness (QED) is 0.255. The lowest BCUT2D eigenvalue weighted by molar-refractivity contribution is -0.163. The largest absolute Gasteiger partial charge is 0.432 e. The van der Waals surface area contributed by atoms with Crippen LogP contribution >= 0.6 is 0 Å². The van der Waals surface area contributed by atoms with Gasteiger partial charge in [-0.15, -0.1) is 0 Å². The van der Waals surface area contributed by atoms with Crippen molar-refractivity contribution in [3.8, 4) is 17.2 Å². The summed E-state index contributed by atoms with van der Waals surface area (Å²) in [5.74, 6) is -2.81. The van der Waals surface area contributed by atoms with Gasteiger partial charge in [0.05, 0.1) is 23.1 Å². The molecule has 1 saturated carbocycles. The molecule has 1 unspecified atom stereocenters. The molecule has 2 amide bonds. The molecule has 1 saturated heterocycles. The summed E-state index contributed by atoms with van der Waals surface area (Å²) in [7, 11) is 0. The first-order valence-electron chi connectivity index (χ1n) is 16.0. The molecular formula is C39H43N3O5. The van der Waals surface area contributed by atoms with Crippen LogP contribution in [0.1, 0.15) is 76.3 Å². The molecule has 2 N–H and O–H groups in total. The van der Waals surface area contributed by atoms with Crippen LogP contribution in [0, 0.1) is 35.0 Å². The zero-order valence-corrected chi connectivity index (χ0v) is 28.1. The smallest absolute Gasteiger partial charge is 0.339 e. The summed E-state index contributed by atoms with van der Waals surface area (Å²) in [6, 6.07) is 24.2. The number of nitriles is 1. The van der Waals surface area contributed by atoms with E-state index in [9.17, 15) is 19.6 Å². The second kappa shape index (κ2) is 12.8. The van der Waals surface area contributed by atoms with E-state index in [1.165, 1.54) is 0 Å². The number of nitrogens with one attached hydrogen (secondary N) is 2. The number of carbonyl (C=O) groups is 3. The van der Waals surface area contributed by atoms with Gasteiger partial charge in [-0.3, -0.25) is 9.59 Å². The maximum absolute atomic E-state index is 14.3. The monoisotopic (exact) mass is 633 g/mol. The van der Waals surface area contributed by atoms with E-state index in [2.05, 4.69) is 16.7 Å². The second-order valence-electron chi connectivity index (χ2n) is 14.2. The minimum Gasteiger partial charge on any atom is -0.432 e. The number of cyclic esters (lactones) is 1. The number of nitrogens with zero attached hydrogens (tertiary/aromatic N) is 1. The standard InChI is InChI=1S/C39H43N3O5/c1-24-20-26(17-19-31(24)29-15-11-12-27(21-29)23-40)16-18-30-22-39(30,33-35(44)47-38(6,7)46-33)36(45)42-32(37(3,4)5)34(43)41-25(2)28-13-9-8-10-14-28/h8-21,25,30,32-33H,22H2,1-7H3,(H,41,43)(H,42,45)/b18-16+/t25-,30-,32-,33-,39?/m1/s1.